The second kappa shape index (κ2) is 6.07. The van der Waals surface area contributed by atoms with Crippen molar-refractivity contribution < 1.29 is 14.7 Å². The number of nitrogens with one attached hydrogen (secondary N) is 1. The smallest absolute Gasteiger partial charge is 0.303 e. The number of piperidine rings is 1. The predicted molar refractivity (Wildman–Crippen MR) is 75.2 cm³/mol. The summed E-state index contributed by atoms with van der Waals surface area (Å²) in [7, 11) is 0. The third-order valence-corrected chi connectivity index (χ3v) is 4.05. The van der Waals surface area contributed by atoms with Crippen molar-refractivity contribution in [2.24, 2.45) is 5.92 Å². The summed E-state index contributed by atoms with van der Waals surface area (Å²) in [6, 6.07) is 0. The number of amides is 1. The zero-order valence-corrected chi connectivity index (χ0v) is 12.2. The molecule has 0 saturated carbocycles. The molecule has 0 aliphatic carbocycles. The van der Waals surface area contributed by atoms with Crippen LogP contribution in [0.3, 0.4) is 0 Å². The molecular weight excluding hydrogens is 274 g/mol. The van der Waals surface area contributed by atoms with Gasteiger partial charge in [0.25, 0.3) is 11.5 Å². The van der Waals surface area contributed by atoms with E-state index >= 15 is 0 Å². The van der Waals surface area contributed by atoms with Gasteiger partial charge in [-0.2, -0.15) is 5.10 Å². The van der Waals surface area contributed by atoms with Gasteiger partial charge >= 0.3 is 5.97 Å². The molecule has 0 aromatic carbocycles. The van der Waals surface area contributed by atoms with E-state index in [1.165, 1.54) is 0 Å². The lowest BCUT2D eigenvalue weighted by Gasteiger charge is -2.31. The summed E-state index contributed by atoms with van der Waals surface area (Å²) < 4.78 is 0. The third kappa shape index (κ3) is 3.29. The standard InChI is InChI=1S/C14H19N3O4/c1-8-9(2)15-16-13(20)12(8)14(21)17-5-3-10(4-6-17)7-11(18)19/h10H,3-7H2,1-2H3,(H,16,20)(H,18,19). The number of carboxylic acid groups (broad SMARTS) is 1. The molecule has 0 spiro atoms. The fourth-order valence-corrected chi connectivity index (χ4v) is 2.63. The molecule has 2 N–H and O–H groups in total. The Hall–Kier alpha value is -2.18. The Morgan fingerprint density at radius 2 is 1.95 bits per heavy atom. The van der Waals surface area contributed by atoms with Gasteiger partial charge < -0.3 is 10.0 Å². The van der Waals surface area contributed by atoms with Crippen molar-refractivity contribution in [1.29, 1.82) is 0 Å². The SMILES string of the molecule is Cc1n[nH]c(=O)c(C(=O)N2CCC(CC(=O)O)CC2)c1C. The van der Waals surface area contributed by atoms with Gasteiger partial charge in [0, 0.05) is 19.5 Å². The van der Waals surface area contributed by atoms with E-state index in [1.807, 2.05) is 0 Å². The van der Waals surface area contributed by atoms with Crippen LogP contribution in [-0.2, 0) is 4.79 Å². The van der Waals surface area contributed by atoms with E-state index in [0.717, 1.165) is 0 Å². The van der Waals surface area contributed by atoms with E-state index in [2.05, 4.69) is 10.2 Å². The lowest BCUT2D eigenvalue weighted by atomic mass is 9.93. The van der Waals surface area contributed by atoms with Crippen LogP contribution < -0.4 is 5.56 Å². The maximum absolute atomic E-state index is 12.5. The number of aliphatic carboxylic acids is 1. The van der Waals surface area contributed by atoms with Gasteiger partial charge in [0.1, 0.15) is 5.56 Å². The minimum Gasteiger partial charge on any atom is -0.481 e. The molecule has 1 aliphatic heterocycles. The van der Waals surface area contributed by atoms with E-state index in [-0.39, 0.29) is 23.8 Å². The molecule has 1 aromatic heterocycles. The quantitative estimate of drug-likeness (QED) is 0.854. The van der Waals surface area contributed by atoms with Crippen molar-refractivity contribution in [3.8, 4) is 0 Å². The van der Waals surface area contributed by atoms with Crippen molar-refractivity contribution in [3.63, 3.8) is 0 Å². The first-order chi connectivity index (χ1) is 9.90. The van der Waals surface area contributed by atoms with Crippen molar-refractivity contribution in [1.82, 2.24) is 15.1 Å². The van der Waals surface area contributed by atoms with Gasteiger partial charge in [-0.25, -0.2) is 5.10 Å². The number of nitrogens with zero attached hydrogens (tertiary/aromatic N) is 2. The van der Waals surface area contributed by atoms with Crippen LogP contribution in [0.2, 0.25) is 0 Å². The van der Waals surface area contributed by atoms with Crippen molar-refractivity contribution in [3.05, 3.63) is 27.2 Å². The number of hydrogen-bond acceptors (Lipinski definition) is 4. The van der Waals surface area contributed by atoms with Crippen LogP contribution in [-0.4, -0.2) is 45.2 Å². The normalized spacial score (nSPS) is 16.0. The van der Waals surface area contributed by atoms with Gasteiger partial charge in [0.05, 0.1) is 5.69 Å². The van der Waals surface area contributed by atoms with Crippen molar-refractivity contribution >= 4 is 11.9 Å². The number of carbonyl (C=O) groups is 2. The molecule has 1 amide bonds. The summed E-state index contributed by atoms with van der Waals surface area (Å²) in [5, 5.41) is 15.0. The van der Waals surface area contributed by atoms with Crippen molar-refractivity contribution in [2.45, 2.75) is 33.1 Å². The first-order valence-corrected chi connectivity index (χ1v) is 6.97. The number of H-pyrrole nitrogens is 1. The number of likely N-dealkylation sites (tertiary alicyclic amines) is 1. The minimum absolute atomic E-state index is 0.102. The average Bonchev–Trinajstić information content (AvgIpc) is 2.43. The highest BCUT2D eigenvalue weighted by molar-refractivity contribution is 5.95. The molecule has 0 bridgehead atoms. The lowest BCUT2D eigenvalue weighted by Crippen LogP contribution is -2.41. The number of carbonyl (C=O) groups excluding carboxylic acids is 1. The molecule has 21 heavy (non-hydrogen) atoms. The maximum Gasteiger partial charge on any atom is 0.303 e. The van der Waals surface area contributed by atoms with E-state index in [9.17, 15) is 14.4 Å². The van der Waals surface area contributed by atoms with E-state index in [4.69, 9.17) is 5.11 Å². The lowest BCUT2D eigenvalue weighted by molar-refractivity contribution is -0.138. The zero-order chi connectivity index (χ0) is 15.6. The minimum atomic E-state index is -0.808. The molecule has 1 aliphatic rings. The Morgan fingerprint density at radius 3 is 2.52 bits per heavy atom. The first-order valence-electron chi connectivity index (χ1n) is 6.97. The zero-order valence-electron chi connectivity index (χ0n) is 12.2. The summed E-state index contributed by atoms with van der Waals surface area (Å²) in [4.78, 5) is 36.6. The molecule has 0 atom stereocenters. The maximum atomic E-state index is 12.5. The number of aromatic amines is 1. The highest BCUT2D eigenvalue weighted by atomic mass is 16.4. The topological polar surface area (TPSA) is 103 Å². The monoisotopic (exact) mass is 293 g/mol. The molecule has 1 fully saturated rings. The summed E-state index contributed by atoms with van der Waals surface area (Å²) in [5.74, 6) is -1.00. The Morgan fingerprint density at radius 1 is 1.33 bits per heavy atom. The summed E-state index contributed by atoms with van der Waals surface area (Å²) >= 11 is 0. The Balaban J connectivity index is 2.11. The number of rotatable bonds is 3. The van der Waals surface area contributed by atoms with Crippen LogP contribution in [0.5, 0.6) is 0 Å². The summed E-state index contributed by atoms with van der Waals surface area (Å²) in [6.07, 6.45) is 1.44. The molecule has 1 aromatic rings. The van der Waals surface area contributed by atoms with Crippen molar-refractivity contribution in [2.75, 3.05) is 13.1 Å². The largest absolute Gasteiger partial charge is 0.481 e. The van der Waals surface area contributed by atoms with E-state index in [0.29, 0.717) is 37.2 Å². The number of aromatic nitrogens is 2. The van der Waals surface area contributed by atoms with Gasteiger partial charge in [-0.05, 0) is 38.2 Å². The van der Waals surface area contributed by atoms with Crippen LogP contribution in [0.25, 0.3) is 0 Å². The molecule has 1 saturated heterocycles. The molecule has 2 rings (SSSR count). The highest BCUT2D eigenvalue weighted by Crippen LogP contribution is 2.22. The first kappa shape index (κ1) is 15.2. The fourth-order valence-electron chi connectivity index (χ4n) is 2.63. The van der Waals surface area contributed by atoms with E-state index < -0.39 is 11.5 Å². The van der Waals surface area contributed by atoms with Crippen LogP contribution >= 0.6 is 0 Å². The third-order valence-electron chi connectivity index (χ3n) is 4.05. The summed E-state index contributed by atoms with van der Waals surface area (Å²) in [6.45, 7) is 4.41. The molecule has 7 heteroatoms. The van der Waals surface area contributed by atoms with Gasteiger partial charge in [0.15, 0.2) is 0 Å². The Bertz CT molecular complexity index is 615. The Kier molecular flexibility index (Phi) is 4.40. The fraction of sp³-hybridized carbons (Fsp3) is 0.571. The molecule has 7 nitrogen and oxygen atoms in total. The van der Waals surface area contributed by atoms with E-state index in [1.54, 1.807) is 18.7 Å². The van der Waals surface area contributed by atoms with Gasteiger partial charge in [-0.15, -0.1) is 0 Å². The molecule has 0 unspecified atom stereocenters. The van der Waals surface area contributed by atoms with Crippen LogP contribution in [0.4, 0.5) is 0 Å². The number of carboxylic acids is 1. The second-order valence-corrected chi connectivity index (χ2v) is 5.47. The van der Waals surface area contributed by atoms with Gasteiger partial charge in [0.2, 0.25) is 0 Å². The van der Waals surface area contributed by atoms with Gasteiger partial charge in [-0.3, -0.25) is 14.4 Å². The number of aryl methyl sites for hydroxylation is 1. The highest BCUT2D eigenvalue weighted by Gasteiger charge is 2.27. The van der Waals surface area contributed by atoms with Crippen LogP contribution in [0.1, 0.15) is 40.9 Å². The molecule has 114 valence electrons. The van der Waals surface area contributed by atoms with Crippen LogP contribution in [0, 0.1) is 19.8 Å². The van der Waals surface area contributed by atoms with Crippen LogP contribution in [0.15, 0.2) is 4.79 Å². The molecule has 0 radical (unpaired) electrons. The second-order valence-electron chi connectivity index (χ2n) is 5.47. The molecular formula is C14H19N3O4. The Labute approximate surface area is 122 Å². The predicted octanol–water partition coefficient (Wildman–Crippen LogP) is 0.714. The molecule has 2 heterocycles. The summed E-state index contributed by atoms with van der Waals surface area (Å²) in [5.41, 5.74) is 0.880. The average molecular weight is 293 g/mol. The number of hydrogen-bond donors (Lipinski definition) is 2. The van der Waals surface area contributed by atoms with Gasteiger partial charge in [-0.1, -0.05) is 0 Å².